The second-order valence-electron chi connectivity index (χ2n) is 3.38. The fraction of sp³-hybridized carbons (Fsp3) is 0.182. The SMILES string of the molecule is c1cnc2c([C@H]3CN3)cccc2c1. The molecule has 64 valence electrons. The van der Waals surface area contributed by atoms with E-state index in [0.717, 1.165) is 12.1 Å². The smallest absolute Gasteiger partial charge is 0.0750 e. The number of nitrogens with one attached hydrogen (secondary N) is 1. The average Bonchev–Trinajstić information content (AvgIpc) is 3.00. The molecule has 1 aromatic carbocycles. The van der Waals surface area contributed by atoms with Gasteiger partial charge in [0.1, 0.15) is 0 Å². The number of rotatable bonds is 1. The fourth-order valence-electron chi connectivity index (χ4n) is 1.69. The van der Waals surface area contributed by atoms with E-state index >= 15 is 0 Å². The van der Waals surface area contributed by atoms with Gasteiger partial charge in [-0.3, -0.25) is 4.98 Å². The highest BCUT2D eigenvalue weighted by molar-refractivity contribution is 5.82. The molecular formula is C11H10N2. The summed E-state index contributed by atoms with van der Waals surface area (Å²) in [7, 11) is 0. The summed E-state index contributed by atoms with van der Waals surface area (Å²) in [6, 6.07) is 11.0. The summed E-state index contributed by atoms with van der Waals surface area (Å²) in [4.78, 5) is 4.40. The quantitative estimate of drug-likeness (QED) is 0.663. The third kappa shape index (κ3) is 1.11. The monoisotopic (exact) mass is 170 g/mol. The number of nitrogens with zero attached hydrogens (tertiary/aromatic N) is 1. The maximum absolute atomic E-state index is 4.40. The van der Waals surface area contributed by atoms with Gasteiger partial charge in [0.15, 0.2) is 0 Å². The predicted molar refractivity (Wildman–Crippen MR) is 52.5 cm³/mol. The van der Waals surface area contributed by atoms with Crippen molar-refractivity contribution in [1.82, 2.24) is 10.3 Å². The van der Waals surface area contributed by atoms with Crippen LogP contribution in [-0.2, 0) is 0 Å². The Labute approximate surface area is 76.6 Å². The van der Waals surface area contributed by atoms with Gasteiger partial charge in [-0.05, 0) is 11.6 Å². The van der Waals surface area contributed by atoms with Crippen molar-refractivity contribution < 1.29 is 0 Å². The first kappa shape index (κ1) is 7.04. The summed E-state index contributed by atoms with van der Waals surface area (Å²) in [6.07, 6.45) is 1.86. The molecule has 0 aliphatic carbocycles. The third-order valence-corrected chi connectivity index (χ3v) is 2.45. The van der Waals surface area contributed by atoms with Gasteiger partial charge in [-0.15, -0.1) is 0 Å². The van der Waals surface area contributed by atoms with Gasteiger partial charge in [0, 0.05) is 24.2 Å². The minimum absolute atomic E-state index is 0.540. The molecule has 2 nitrogen and oxygen atoms in total. The second-order valence-corrected chi connectivity index (χ2v) is 3.38. The van der Waals surface area contributed by atoms with Crippen LogP contribution < -0.4 is 5.32 Å². The summed E-state index contributed by atoms with van der Waals surface area (Å²) < 4.78 is 0. The van der Waals surface area contributed by atoms with E-state index in [2.05, 4.69) is 34.6 Å². The molecule has 1 N–H and O–H groups in total. The van der Waals surface area contributed by atoms with Gasteiger partial charge < -0.3 is 5.32 Å². The molecule has 1 aromatic heterocycles. The lowest BCUT2D eigenvalue weighted by atomic mass is 10.1. The van der Waals surface area contributed by atoms with Crippen molar-refractivity contribution in [3.8, 4) is 0 Å². The summed E-state index contributed by atoms with van der Waals surface area (Å²) >= 11 is 0. The minimum Gasteiger partial charge on any atom is -0.307 e. The molecule has 0 saturated carbocycles. The largest absolute Gasteiger partial charge is 0.307 e. The van der Waals surface area contributed by atoms with Crippen LogP contribution in [0.3, 0.4) is 0 Å². The van der Waals surface area contributed by atoms with Gasteiger partial charge >= 0.3 is 0 Å². The number of hydrogen-bond acceptors (Lipinski definition) is 2. The molecule has 1 aliphatic rings. The molecule has 1 atom stereocenters. The van der Waals surface area contributed by atoms with Crippen molar-refractivity contribution in [1.29, 1.82) is 0 Å². The molecule has 2 heteroatoms. The molecule has 0 amide bonds. The third-order valence-electron chi connectivity index (χ3n) is 2.45. The van der Waals surface area contributed by atoms with Crippen molar-refractivity contribution in [3.63, 3.8) is 0 Å². The molecule has 0 spiro atoms. The molecule has 0 radical (unpaired) electrons. The number of hydrogen-bond donors (Lipinski definition) is 1. The number of fused-ring (bicyclic) bond motifs is 1. The number of aromatic nitrogens is 1. The number of benzene rings is 1. The summed E-state index contributed by atoms with van der Waals surface area (Å²) in [5.41, 5.74) is 2.47. The van der Waals surface area contributed by atoms with Crippen molar-refractivity contribution in [2.24, 2.45) is 0 Å². The molecule has 0 bridgehead atoms. The van der Waals surface area contributed by atoms with Crippen LogP contribution in [0.15, 0.2) is 36.5 Å². The Hall–Kier alpha value is -1.41. The Kier molecular flexibility index (Phi) is 1.37. The van der Waals surface area contributed by atoms with E-state index in [0.29, 0.717) is 6.04 Å². The molecule has 13 heavy (non-hydrogen) atoms. The van der Waals surface area contributed by atoms with Gasteiger partial charge in [-0.2, -0.15) is 0 Å². The lowest BCUT2D eigenvalue weighted by molar-refractivity contribution is 1.08. The summed E-state index contributed by atoms with van der Waals surface area (Å²) in [5, 5.41) is 4.53. The molecule has 1 fully saturated rings. The highest BCUT2D eigenvalue weighted by Gasteiger charge is 2.24. The highest BCUT2D eigenvalue weighted by Crippen LogP contribution is 2.27. The molecule has 0 unspecified atom stereocenters. The van der Waals surface area contributed by atoms with E-state index in [1.807, 2.05) is 12.3 Å². The molecule has 2 heterocycles. The van der Waals surface area contributed by atoms with Crippen molar-refractivity contribution >= 4 is 10.9 Å². The minimum atomic E-state index is 0.540. The zero-order chi connectivity index (χ0) is 8.67. The van der Waals surface area contributed by atoms with Crippen LogP contribution in [0, 0.1) is 0 Å². The first-order chi connectivity index (χ1) is 6.45. The summed E-state index contributed by atoms with van der Waals surface area (Å²) in [6.45, 7) is 1.09. The zero-order valence-corrected chi connectivity index (χ0v) is 7.20. The normalized spacial score (nSPS) is 20.5. The van der Waals surface area contributed by atoms with E-state index in [-0.39, 0.29) is 0 Å². The average molecular weight is 170 g/mol. The molecule has 2 aromatic rings. The predicted octanol–water partition coefficient (Wildman–Crippen LogP) is 1.88. The Bertz CT molecular complexity index is 441. The van der Waals surface area contributed by atoms with Gasteiger partial charge in [-0.25, -0.2) is 0 Å². The molecule has 1 saturated heterocycles. The first-order valence-corrected chi connectivity index (χ1v) is 4.52. The van der Waals surface area contributed by atoms with Gasteiger partial charge in [0.25, 0.3) is 0 Å². The Morgan fingerprint density at radius 2 is 2.08 bits per heavy atom. The van der Waals surface area contributed by atoms with E-state index < -0.39 is 0 Å². The van der Waals surface area contributed by atoms with Crippen LogP contribution in [0.5, 0.6) is 0 Å². The van der Waals surface area contributed by atoms with Crippen molar-refractivity contribution in [2.45, 2.75) is 6.04 Å². The van der Waals surface area contributed by atoms with E-state index in [1.54, 1.807) is 0 Å². The van der Waals surface area contributed by atoms with Crippen molar-refractivity contribution in [3.05, 3.63) is 42.1 Å². The van der Waals surface area contributed by atoms with Gasteiger partial charge in [0.2, 0.25) is 0 Å². The zero-order valence-electron chi connectivity index (χ0n) is 7.20. The molecule has 3 rings (SSSR count). The number of pyridine rings is 1. The van der Waals surface area contributed by atoms with Crippen LogP contribution in [0.2, 0.25) is 0 Å². The van der Waals surface area contributed by atoms with Crippen LogP contribution >= 0.6 is 0 Å². The Morgan fingerprint density at radius 1 is 1.23 bits per heavy atom. The van der Waals surface area contributed by atoms with Crippen LogP contribution in [0.4, 0.5) is 0 Å². The van der Waals surface area contributed by atoms with Gasteiger partial charge in [-0.1, -0.05) is 24.3 Å². The second kappa shape index (κ2) is 2.54. The van der Waals surface area contributed by atoms with Crippen LogP contribution in [-0.4, -0.2) is 11.5 Å². The lowest BCUT2D eigenvalue weighted by Gasteiger charge is -2.01. The maximum atomic E-state index is 4.40. The molecule has 1 aliphatic heterocycles. The summed E-state index contributed by atoms with van der Waals surface area (Å²) in [5.74, 6) is 0. The number of para-hydroxylation sites is 1. The van der Waals surface area contributed by atoms with Crippen LogP contribution in [0.25, 0.3) is 10.9 Å². The molecular weight excluding hydrogens is 160 g/mol. The first-order valence-electron chi connectivity index (χ1n) is 4.52. The fourth-order valence-corrected chi connectivity index (χ4v) is 1.69. The van der Waals surface area contributed by atoms with Gasteiger partial charge in [0.05, 0.1) is 5.52 Å². The van der Waals surface area contributed by atoms with E-state index in [1.165, 1.54) is 10.9 Å². The van der Waals surface area contributed by atoms with E-state index in [4.69, 9.17) is 0 Å². The Morgan fingerprint density at radius 3 is 2.92 bits per heavy atom. The van der Waals surface area contributed by atoms with Crippen molar-refractivity contribution in [2.75, 3.05) is 6.54 Å². The topological polar surface area (TPSA) is 34.8 Å². The van der Waals surface area contributed by atoms with Crippen LogP contribution in [0.1, 0.15) is 11.6 Å². The van der Waals surface area contributed by atoms with E-state index in [9.17, 15) is 0 Å². The highest BCUT2D eigenvalue weighted by atomic mass is 15.1. The Balaban J connectivity index is 2.32. The lowest BCUT2D eigenvalue weighted by Crippen LogP contribution is -1.88. The standard InChI is InChI=1S/C11H10N2/c1-3-8-4-2-6-12-11(8)9(5-1)10-7-13-10/h1-6,10,13H,7H2/t10-/m1/s1. The maximum Gasteiger partial charge on any atom is 0.0750 e.